The van der Waals surface area contributed by atoms with Crippen LogP contribution < -0.4 is 21.3 Å². The maximum atomic E-state index is 13.3. The molecule has 0 atom stereocenters. The van der Waals surface area contributed by atoms with Crippen molar-refractivity contribution in [2.75, 3.05) is 48.8 Å². The summed E-state index contributed by atoms with van der Waals surface area (Å²) in [6.45, 7) is 4.51. The van der Waals surface area contributed by atoms with Crippen LogP contribution in [-0.2, 0) is 4.79 Å². The second-order valence-corrected chi connectivity index (χ2v) is 8.12. The van der Waals surface area contributed by atoms with Crippen LogP contribution in [0.1, 0.15) is 11.1 Å². The van der Waals surface area contributed by atoms with Crippen molar-refractivity contribution in [3.05, 3.63) is 90.0 Å². The van der Waals surface area contributed by atoms with Gasteiger partial charge in [0.05, 0.1) is 17.9 Å². The molecule has 0 aliphatic carbocycles. The van der Waals surface area contributed by atoms with Gasteiger partial charge in [0.1, 0.15) is 0 Å². The molecule has 0 unspecified atom stereocenters. The van der Waals surface area contributed by atoms with Gasteiger partial charge in [0.15, 0.2) is 0 Å². The number of rotatable bonds is 5. The van der Waals surface area contributed by atoms with Crippen LogP contribution in [-0.4, -0.2) is 43.7 Å². The molecule has 0 bridgehead atoms. The van der Waals surface area contributed by atoms with Crippen LogP contribution in [0.15, 0.2) is 78.9 Å². The summed E-state index contributed by atoms with van der Waals surface area (Å²) in [5.41, 5.74) is 12.0. The summed E-state index contributed by atoms with van der Waals surface area (Å²) in [5, 5.41) is 6.45. The zero-order valence-corrected chi connectivity index (χ0v) is 17.9. The lowest BCUT2D eigenvalue weighted by Crippen LogP contribution is -2.48. The van der Waals surface area contributed by atoms with Crippen LogP contribution in [0.25, 0.3) is 11.3 Å². The van der Waals surface area contributed by atoms with Gasteiger partial charge in [0.2, 0.25) is 0 Å². The van der Waals surface area contributed by atoms with Crippen LogP contribution in [0.5, 0.6) is 0 Å². The van der Waals surface area contributed by atoms with Crippen molar-refractivity contribution in [3.63, 3.8) is 0 Å². The molecule has 3 aromatic carbocycles. The molecule has 1 saturated heterocycles. The molecule has 1 amide bonds. The molecule has 2 aliphatic rings. The molecule has 162 valence electrons. The van der Waals surface area contributed by atoms with E-state index in [2.05, 4.69) is 44.7 Å². The average molecular weight is 426 g/mol. The number of para-hydroxylation sites is 1. The molecule has 5 rings (SSSR count). The Labute approximate surface area is 188 Å². The number of benzene rings is 3. The van der Waals surface area contributed by atoms with Crippen molar-refractivity contribution in [2.24, 2.45) is 0 Å². The van der Waals surface area contributed by atoms with Gasteiger partial charge in [-0.15, -0.1) is 0 Å². The molecular formula is C26H27N5O. The number of amides is 1. The van der Waals surface area contributed by atoms with Crippen molar-refractivity contribution in [3.8, 4) is 0 Å². The van der Waals surface area contributed by atoms with E-state index in [0.717, 1.165) is 54.4 Å². The number of nitrogen functional groups attached to an aromatic ring is 1. The van der Waals surface area contributed by atoms with Crippen molar-refractivity contribution in [2.45, 2.75) is 0 Å². The Kier molecular flexibility index (Phi) is 5.62. The number of piperazine rings is 1. The molecule has 0 aromatic heterocycles. The summed E-state index contributed by atoms with van der Waals surface area (Å²) in [6.07, 6.45) is 0. The summed E-state index contributed by atoms with van der Waals surface area (Å²) < 4.78 is 0. The summed E-state index contributed by atoms with van der Waals surface area (Å²) >= 11 is 0. The number of anilines is 3. The highest BCUT2D eigenvalue weighted by atomic mass is 16.2. The first kappa shape index (κ1) is 20.3. The van der Waals surface area contributed by atoms with Crippen molar-refractivity contribution >= 4 is 34.2 Å². The summed E-state index contributed by atoms with van der Waals surface area (Å²) in [7, 11) is 0. The smallest absolute Gasteiger partial charge is 0.258 e. The van der Waals surface area contributed by atoms with E-state index < -0.39 is 0 Å². The Morgan fingerprint density at radius 3 is 2.34 bits per heavy atom. The predicted molar refractivity (Wildman–Crippen MR) is 131 cm³/mol. The van der Waals surface area contributed by atoms with Crippen LogP contribution in [0.2, 0.25) is 0 Å². The van der Waals surface area contributed by atoms with E-state index in [1.165, 1.54) is 0 Å². The van der Waals surface area contributed by atoms with E-state index in [-0.39, 0.29) is 5.91 Å². The lowest BCUT2D eigenvalue weighted by molar-refractivity contribution is -0.110. The largest absolute Gasteiger partial charge is 0.399 e. The highest BCUT2D eigenvalue weighted by Crippen LogP contribution is 2.40. The number of hydrogen-bond donors (Lipinski definition) is 3. The quantitative estimate of drug-likeness (QED) is 0.431. The molecule has 3 aromatic rings. The SMILES string of the molecule is Nc1ccc2c(c1)/C(=C(\c1ccccc1)N(CN1CCNCC1)c1ccccc1)C(=O)N2. The van der Waals surface area contributed by atoms with Gasteiger partial charge in [0.25, 0.3) is 5.91 Å². The van der Waals surface area contributed by atoms with Gasteiger partial charge in [0, 0.05) is 48.8 Å². The van der Waals surface area contributed by atoms with E-state index in [0.29, 0.717) is 17.9 Å². The molecule has 0 saturated carbocycles. The third-order valence-corrected chi connectivity index (χ3v) is 5.96. The molecule has 0 spiro atoms. The van der Waals surface area contributed by atoms with Gasteiger partial charge >= 0.3 is 0 Å². The van der Waals surface area contributed by atoms with Gasteiger partial charge in [-0.05, 0) is 35.9 Å². The first-order valence-corrected chi connectivity index (χ1v) is 11.0. The van der Waals surface area contributed by atoms with Gasteiger partial charge in [-0.2, -0.15) is 0 Å². The second kappa shape index (κ2) is 8.86. The third kappa shape index (κ3) is 3.98. The molecule has 4 N–H and O–H groups in total. The first-order valence-electron chi connectivity index (χ1n) is 11.0. The fourth-order valence-corrected chi connectivity index (χ4v) is 4.39. The number of nitrogens with zero attached hydrogens (tertiary/aromatic N) is 2. The number of carbonyl (C=O) groups is 1. The highest BCUT2D eigenvalue weighted by Gasteiger charge is 2.32. The van der Waals surface area contributed by atoms with Crippen LogP contribution in [0.4, 0.5) is 17.1 Å². The van der Waals surface area contributed by atoms with Gasteiger partial charge < -0.3 is 21.3 Å². The minimum atomic E-state index is -0.106. The molecule has 2 heterocycles. The molecule has 6 nitrogen and oxygen atoms in total. The average Bonchev–Trinajstić information content (AvgIpc) is 3.15. The van der Waals surface area contributed by atoms with Gasteiger partial charge in [-0.25, -0.2) is 0 Å². The number of carbonyl (C=O) groups excluding carboxylic acids is 1. The Morgan fingerprint density at radius 2 is 1.62 bits per heavy atom. The summed E-state index contributed by atoms with van der Waals surface area (Å²) in [4.78, 5) is 18.0. The maximum Gasteiger partial charge on any atom is 0.258 e. The van der Waals surface area contributed by atoms with Gasteiger partial charge in [-0.1, -0.05) is 48.5 Å². The highest BCUT2D eigenvalue weighted by molar-refractivity contribution is 6.37. The van der Waals surface area contributed by atoms with Crippen molar-refractivity contribution < 1.29 is 4.79 Å². The zero-order chi connectivity index (χ0) is 21.9. The second-order valence-electron chi connectivity index (χ2n) is 8.12. The Hall–Kier alpha value is -3.61. The Morgan fingerprint density at radius 1 is 0.938 bits per heavy atom. The molecule has 32 heavy (non-hydrogen) atoms. The van der Waals surface area contributed by atoms with Crippen LogP contribution in [0, 0.1) is 0 Å². The topological polar surface area (TPSA) is 73.6 Å². The van der Waals surface area contributed by atoms with Crippen LogP contribution in [0.3, 0.4) is 0 Å². The zero-order valence-electron chi connectivity index (χ0n) is 17.9. The Bertz CT molecular complexity index is 1140. The molecule has 2 aliphatic heterocycles. The van der Waals surface area contributed by atoms with E-state index in [1.807, 2.05) is 54.6 Å². The minimum absolute atomic E-state index is 0.106. The first-order chi connectivity index (χ1) is 15.7. The summed E-state index contributed by atoms with van der Waals surface area (Å²) in [6, 6.07) is 26.0. The number of nitrogens with two attached hydrogens (primary N) is 1. The Balaban J connectivity index is 1.73. The van der Waals surface area contributed by atoms with E-state index in [9.17, 15) is 4.79 Å². The molecule has 1 fully saturated rings. The van der Waals surface area contributed by atoms with E-state index >= 15 is 0 Å². The standard InChI is InChI=1S/C26H27N5O/c27-20-11-12-23-22(17-20)24(26(32)29-23)25(19-7-3-1-4-8-19)31(21-9-5-2-6-10-21)18-30-15-13-28-14-16-30/h1-12,17,28H,13-16,18,27H2,(H,29,32)/b25-24-. The normalized spacial score (nSPS) is 17.6. The number of nitrogens with one attached hydrogen (secondary N) is 2. The fourth-order valence-electron chi connectivity index (χ4n) is 4.39. The molecular weight excluding hydrogens is 398 g/mol. The van der Waals surface area contributed by atoms with Crippen molar-refractivity contribution in [1.82, 2.24) is 10.2 Å². The predicted octanol–water partition coefficient (Wildman–Crippen LogP) is 3.46. The van der Waals surface area contributed by atoms with Crippen LogP contribution >= 0.6 is 0 Å². The van der Waals surface area contributed by atoms with E-state index in [4.69, 9.17) is 5.73 Å². The number of hydrogen-bond acceptors (Lipinski definition) is 5. The van der Waals surface area contributed by atoms with Crippen molar-refractivity contribution in [1.29, 1.82) is 0 Å². The minimum Gasteiger partial charge on any atom is -0.399 e. The van der Waals surface area contributed by atoms with E-state index in [1.54, 1.807) is 0 Å². The monoisotopic (exact) mass is 425 g/mol. The third-order valence-electron chi connectivity index (χ3n) is 5.96. The lowest BCUT2D eigenvalue weighted by atomic mass is 9.98. The lowest BCUT2D eigenvalue weighted by Gasteiger charge is -2.36. The fraction of sp³-hybridized carbons (Fsp3) is 0.192. The molecule has 6 heteroatoms. The van der Waals surface area contributed by atoms with Gasteiger partial charge in [-0.3, -0.25) is 9.69 Å². The molecule has 0 radical (unpaired) electrons. The maximum absolute atomic E-state index is 13.3. The number of fused-ring (bicyclic) bond motifs is 1. The summed E-state index contributed by atoms with van der Waals surface area (Å²) in [5.74, 6) is -0.106.